The lowest BCUT2D eigenvalue weighted by molar-refractivity contribution is 0.152. The van der Waals surface area contributed by atoms with Gasteiger partial charge in [-0.15, -0.1) is 10.2 Å². The van der Waals surface area contributed by atoms with Gasteiger partial charge in [-0.1, -0.05) is 6.92 Å². The molecule has 1 fully saturated rings. The quantitative estimate of drug-likeness (QED) is 0.797. The van der Waals surface area contributed by atoms with Crippen molar-refractivity contribution in [3.63, 3.8) is 0 Å². The molecule has 0 radical (unpaired) electrons. The van der Waals surface area contributed by atoms with E-state index in [2.05, 4.69) is 31.9 Å². The summed E-state index contributed by atoms with van der Waals surface area (Å²) in [6.45, 7) is 8.98. The van der Waals surface area contributed by atoms with Crippen LogP contribution in [0.15, 0.2) is 6.33 Å². The van der Waals surface area contributed by atoms with E-state index in [9.17, 15) is 0 Å². The van der Waals surface area contributed by atoms with Gasteiger partial charge < -0.3 is 14.6 Å². The minimum Gasteiger partial charge on any atom is -0.379 e. The molecule has 6 nitrogen and oxygen atoms in total. The van der Waals surface area contributed by atoms with Gasteiger partial charge in [0.2, 0.25) is 0 Å². The fourth-order valence-electron chi connectivity index (χ4n) is 2.87. The van der Waals surface area contributed by atoms with Crippen molar-refractivity contribution >= 4 is 0 Å². The van der Waals surface area contributed by atoms with Crippen molar-refractivity contribution in [1.29, 1.82) is 0 Å². The van der Waals surface area contributed by atoms with Crippen LogP contribution in [0.2, 0.25) is 0 Å². The molecule has 0 aliphatic carbocycles. The summed E-state index contributed by atoms with van der Waals surface area (Å²) >= 11 is 0. The molecule has 1 saturated heterocycles. The number of nitrogens with one attached hydrogen (secondary N) is 1. The van der Waals surface area contributed by atoms with E-state index in [-0.39, 0.29) is 0 Å². The molecule has 0 amide bonds. The molecule has 2 aliphatic rings. The summed E-state index contributed by atoms with van der Waals surface area (Å²) in [5.41, 5.74) is 0. The summed E-state index contributed by atoms with van der Waals surface area (Å²) in [5.74, 6) is 1.68. The SMILES string of the molecule is CCNC1COCC1CN1CCn2cnnc2C1. The maximum atomic E-state index is 5.60. The second kappa shape index (κ2) is 5.34. The summed E-state index contributed by atoms with van der Waals surface area (Å²) in [5, 5.41) is 11.6. The molecule has 0 spiro atoms. The van der Waals surface area contributed by atoms with Gasteiger partial charge in [0.15, 0.2) is 0 Å². The van der Waals surface area contributed by atoms with Crippen LogP contribution >= 0.6 is 0 Å². The first-order chi connectivity index (χ1) is 8.86. The molecule has 2 aliphatic heterocycles. The Morgan fingerprint density at radius 3 is 3.28 bits per heavy atom. The Hall–Kier alpha value is -0.980. The maximum Gasteiger partial charge on any atom is 0.147 e. The average Bonchev–Trinajstić information content (AvgIpc) is 2.99. The molecule has 6 heteroatoms. The van der Waals surface area contributed by atoms with Gasteiger partial charge >= 0.3 is 0 Å². The van der Waals surface area contributed by atoms with Crippen molar-refractivity contribution < 1.29 is 4.74 Å². The van der Waals surface area contributed by atoms with Crippen molar-refractivity contribution in [2.24, 2.45) is 5.92 Å². The first-order valence-electron chi connectivity index (χ1n) is 6.77. The van der Waals surface area contributed by atoms with Gasteiger partial charge in [-0.3, -0.25) is 4.90 Å². The number of aromatic nitrogens is 3. The molecule has 0 saturated carbocycles. The number of hydrogen-bond donors (Lipinski definition) is 1. The predicted molar refractivity (Wildman–Crippen MR) is 67.1 cm³/mol. The first kappa shape index (κ1) is 12.1. The maximum absolute atomic E-state index is 5.60. The largest absolute Gasteiger partial charge is 0.379 e. The van der Waals surface area contributed by atoms with Crippen LogP contribution in [0.3, 0.4) is 0 Å². The van der Waals surface area contributed by atoms with Gasteiger partial charge in [0.1, 0.15) is 12.2 Å². The molecule has 0 bridgehead atoms. The molecule has 1 N–H and O–H groups in total. The van der Waals surface area contributed by atoms with Gasteiger partial charge in [-0.2, -0.15) is 0 Å². The lowest BCUT2D eigenvalue weighted by Crippen LogP contribution is -2.43. The highest BCUT2D eigenvalue weighted by Crippen LogP contribution is 2.18. The standard InChI is InChI=1S/C12H21N5O/c1-2-13-11-8-18-7-10(11)5-16-3-4-17-9-14-15-12(17)6-16/h9-11,13H,2-8H2,1H3. The average molecular weight is 251 g/mol. The number of fused-ring (bicyclic) bond motifs is 1. The van der Waals surface area contributed by atoms with Crippen LogP contribution in [0.5, 0.6) is 0 Å². The van der Waals surface area contributed by atoms with E-state index in [1.54, 1.807) is 0 Å². The van der Waals surface area contributed by atoms with E-state index >= 15 is 0 Å². The minimum atomic E-state index is 0.509. The van der Waals surface area contributed by atoms with Crippen LogP contribution in [0.1, 0.15) is 12.7 Å². The predicted octanol–water partition coefficient (Wildman–Crippen LogP) is -0.282. The summed E-state index contributed by atoms with van der Waals surface area (Å²) in [4.78, 5) is 2.47. The molecule has 0 aromatic carbocycles. The third-order valence-electron chi connectivity index (χ3n) is 3.88. The number of hydrogen-bond acceptors (Lipinski definition) is 5. The molecule has 100 valence electrons. The van der Waals surface area contributed by atoms with Crippen molar-refractivity contribution in [3.05, 3.63) is 12.2 Å². The summed E-state index contributed by atoms with van der Waals surface area (Å²) < 4.78 is 7.74. The Bertz CT molecular complexity index is 394. The van der Waals surface area contributed by atoms with Gasteiger partial charge in [-0.25, -0.2) is 0 Å². The molecule has 2 unspecified atom stereocenters. The Morgan fingerprint density at radius 1 is 1.44 bits per heavy atom. The Kier molecular flexibility index (Phi) is 3.58. The van der Waals surface area contributed by atoms with E-state index in [0.717, 1.165) is 51.8 Å². The molecule has 3 rings (SSSR count). The van der Waals surface area contributed by atoms with Crippen molar-refractivity contribution in [1.82, 2.24) is 25.0 Å². The fraction of sp³-hybridized carbons (Fsp3) is 0.833. The molecule has 1 aromatic rings. The van der Waals surface area contributed by atoms with Crippen molar-refractivity contribution in [2.45, 2.75) is 26.1 Å². The second-order valence-electron chi connectivity index (χ2n) is 5.14. The second-order valence-corrected chi connectivity index (χ2v) is 5.14. The number of likely N-dealkylation sites (N-methyl/N-ethyl adjacent to an activating group) is 1. The summed E-state index contributed by atoms with van der Waals surface area (Å²) in [6, 6.07) is 0.509. The van der Waals surface area contributed by atoms with Gasteiger partial charge in [0.25, 0.3) is 0 Å². The molecule has 1 aromatic heterocycles. The molecular formula is C12H21N5O. The zero-order valence-electron chi connectivity index (χ0n) is 10.9. The summed E-state index contributed by atoms with van der Waals surface area (Å²) in [6.07, 6.45) is 1.83. The van der Waals surface area contributed by atoms with Crippen LogP contribution in [0.4, 0.5) is 0 Å². The van der Waals surface area contributed by atoms with E-state index in [1.807, 2.05) is 6.33 Å². The Labute approximate surface area is 107 Å². The van der Waals surface area contributed by atoms with E-state index in [1.165, 1.54) is 0 Å². The highest BCUT2D eigenvalue weighted by molar-refractivity contribution is 4.92. The van der Waals surface area contributed by atoms with Crippen LogP contribution < -0.4 is 5.32 Å². The first-order valence-corrected chi connectivity index (χ1v) is 6.77. The third kappa shape index (κ3) is 2.41. The van der Waals surface area contributed by atoms with E-state index in [0.29, 0.717) is 12.0 Å². The Morgan fingerprint density at radius 2 is 2.39 bits per heavy atom. The molecular weight excluding hydrogens is 230 g/mol. The molecule has 3 heterocycles. The molecule has 2 atom stereocenters. The topological polar surface area (TPSA) is 55.2 Å². The molecule has 18 heavy (non-hydrogen) atoms. The van der Waals surface area contributed by atoms with Crippen molar-refractivity contribution in [2.75, 3.05) is 32.8 Å². The zero-order chi connectivity index (χ0) is 12.4. The normalized spacial score (nSPS) is 28.5. The highest BCUT2D eigenvalue weighted by atomic mass is 16.5. The summed E-state index contributed by atoms with van der Waals surface area (Å²) in [7, 11) is 0. The zero-order valence-corrected chi connectivity index (χ0v) is 10.9. The van der Waals surface area contributed by atoms with Crippen molar-refractivity contribution in [3.8, 4) is 0 Å². The minimum absolute atomic E-state index is 0.509. The number of nitrogens with zero attached hydrogens (tertiary/aromatic N) is 4. The van der Waals surface area contributed by atoms with Gasteiger partial charge in [-0.05, 0) is 6.54 Å². The van der Waals surface area contributed by atoms with Crippen LogP contribution in [0.25, 0.3) is 0 Å². The van der Waals surface area contributed by atoms with E-state index < -0.39 is 0 Å². The third-order valence-corrected chi connectivity index (χ3v) is 3.88. The Balaban J connectivity index is 1.57. The van der Waals surface area contributed by atoms with Crippen LogP contribution in [0, 0.1) is 5.92 Å². The van der Waals surface area contributed by atoms with E-state index in [4.69, 9.17) is 4.74 Å². The highest BCUT2D eigenvalue weighted by Gasteiger charge is 2.30. The lowest BCUT2D eigenvalue weighted by atomic mass is 10.0. The number of rotatable bonds is 4. The smallest absolute Gasteiger partial charge is 0.147 e. The number of ether oxygens (including phenoxy) is 1. The van der Waals surface area contributed by atoms with Gasteiger partial charge in [0.05, 0.1) is 19.8 Å². The van der Waals surface area contributed by atoms with Crippen LogP contribution in [-0.2, 0) is 17.8 Å². The van der Waals surface area contributed by atoms with Gasteiger partial charge in [0, 0.05) is 31.6 Å². The lowest BCUT2D eigenvalue weighted by Gasteiger charge is -2.30. The fourth-order valence-corrected chi connectivity index (χ4v) is 2.87. The monoisotopic (exact) mass is 251 g/mol. The van der Waals surface area contributed by atoms with Crippen LogP contribution in [-0.4, -0.2) is 58.6 Å².